The maximum Gasteiger partial charge on any atom is 0.265 e. The van der Waals surface area contributed by atoms with Gasteiger partial charge in [0, 0.05) is 33.2 Å². The van der Waals surface area contributed by atoms with Gasteiger partial charge < -0.3 is 5.32 Å². The second-order valence-electron chi connectivity index (χ2n) is 5.41. The van der Waals surface area contributed by atoms with Gasteiger partial charge in [0.15, 0.2) is 0 Å². The second-order valence-corrected chi connectivity index (χ2v) is 7.93. The zero-order valence-corrected chi connectivity index (χ0v) is 14.6. The van der Waals surface area contributed by atoms with E-state index in [9.17, 15) is 9.00 Å². The highest BCUT2D eigenvalue weighted by Crippen LogP contribution is 2.27. The average molecular weight is 343 g/mol. The third-order valence-electron chi connectivity index (χ3n) is 3.70. The fraction of sp³-hybridized carbons (Fsp3) is 0.167. The minimum atomic E-state index is -0.905. The van der Waals surface area contributed by atoms with Crippen molar-refractivity contribution < 1.29 is 9.00 Å². The van der Waals surface area contributed by atoms with Crippen LogP contribution < -0.4 is 5.32 Å². The molecule has 118 valence electrons. The van der Waals surface area contributed by atoms with Crippen LogP contribution in [0.4, 0.5) is 5.69 Å². The predicted octanol–water partition coefficient (Wildman–Crippen LogP) is 4.34. The monoisotopic (exact) mass is 343 g/mol. The van der Waals surface area contributed by atoms with Crippen LogP contribution in [0.3, 0.4) is 0 Å². The smallest absolute Gasteiger partial charge is 0.265 e. The van der Waals surface area contributed by atoms with Gasteiger partial charge in [-0.25, -0.2) is 0 Å². The molecule has 23 heavy (non-hydrogen) atoms. The van der Waals surface area contributed by atoms with Crippen LogP contribution in [0.2, 0.25) is 0 Å². The number of fused-ring (bicyclic) bond motifs is 1. The van der Waals surface area contributed by atoms with Crippen molar-refractivity contribution in [2.24, 2.45) is 0 Å². The van der Waals surface area contributed by atoms with Crippen LogP contribution in [-0.2, 0) is 16.6 Å². The van der Waals surface area contributed by atoms with Crippen LogP contribution >= 0.6 is 11.3 Å². The Bertz CT molecular complexity index is 866. The molecule has 0 unspecified atom stereocenters. The van der Waals surface area contributed by atoms with E-state index in [2.05, 4.69) is 5.32 Å². The summed E-state index contributed by atoms with van der Waals surface area (Å²) >= 11 is 1.48. The van der Waals surface area contributed by atoms with Gasteiger partial charge in [-0.15, -0.1) is 11.3 Å². The first-order valence-electron chi connectivity index (χ1n) is 7.23. The predicted molar refractivity (Wildman–Crippen MR) is 98.7 cm³/mol. The molecule has 1 aromatic heterocycles. The molecule has 1 atom stereocenters. The molecule has 0 aliphatic heterocycles. The average Bonchev–Trinajstić information content (AvgIpc) is 2.95. The molecule has 0 spiro atoms. The van der Waals surface area contributed by atoms with Gasteiger partial charge in [-0.05, 0) is 41.6 Å². The molecule has 0 fully saturated rings. The minimum Gasteiger partial charge on any atom is -0.321 e. The Labute approximate surface area is 141 Å². The van der Waals surface area contributed by atoms with Crippen LogP contribution in [0, 0.1) is 6.92 Å². The zero-order valence-electron chi connectivity index (χ0n) is 13.0. The van der Waals surface area contributed by atoms with E-state index in [4.69, 9.17) is 0 Å². The third kappa shape index (κ3) is 3.51. The van der Waals surface area contributed by atoms with E-state index < -0.39 is 10.8 Å². The van der Waals surface area contributed by atoms with E-state index in [0.29, 0.717) is 10.6 Å². The Kier molecular flexibility index (Phi) is 4.59. The molecule has 0 saturated carbocycles. The van der Waals surface area contributed by atoms with Gasteiger partial charge in [0.2, 0.25) is 0 Å². The summed E-state index contributed by atoms with van der Waals surface area (Å²) in [4.78, 5) is 13.2. The molecule has 5 heteroatoms. The van der Waals surface area contributed by atoms with Crippen LogP contribution in [0.15, 0.2) is 48.5 Å². The summed E-state index contributed by atoms with van der Waals surface area (Å²) in [5.74, 6) is 0.391. The van der Waals surface area contributed by atoms with Crippen molar-refractivity contribution in [1.82, 2.24) is 0 Å². The van der Waals surface area contributed by atoms with E-state index in [1.807, 2.05) is 55.5 Å². The number of carbonyl (C=O) groups is 1. The summed E-state index contributed by atoms with van der Waals surface area (Å²) in [6.45, 7) is 1.95. The largest absolute Gasteiger partial charge is 0.321 e. The molecular formula is C18H17NO2S2. The maximum absolute atomic E-state index is 12.5. The first-order chi connectivity index (χ1) is 11.0. The molecule has 0 saturated heterocycles. The lowest BCUT2D eigenvalue weighted by molar-refractivity contribution is 0.103. The number of hydrogen-bond acceptors (Lipinski definition) is 3. The molecule has 3 rings (SSSR count). The van der Waals surface area contributed by atoms with Gasteiger partial charge in [0.25, 0.3) is 5.91 Å². The van der Waals surface area contributed by atoms with E-state index >= 15 is 0 Å². The number of anilines is 1. The summed E-state index contributed by atoms with van der Waals surface area (Å²) in [7, 11) is -0.905. The van der Waals surface area contributed by atoms with Crippen molar-refractivity contribution in [2.45, 2.75) is 12.7 Å². The molecule has 0 radical (unpaired) electrons. The standard InChI is InChI=1S/C18H17NO2S2/c1-12-14(11-23(2)21)7-5-8-15(12)19-18(20)17-10-13-6-3-4-9-16(13)22-17/h3-10H,11H2,1-2H3,(H,19,20)/t23-/m0/s1. The van der Waals surface area contributed by atoms with Crippen LogP contribution in [0.1, 0.15) is 20.8 Å². The highest BCUT2D eigenvalue weighted by molar-refractivity contribution is 7.83. The van der Waals surface area contributed by atoms with Gasteiger partial charge in [-0.1, -0.05) is 30.3 Å². The molecular weight excluding hydrogens is 326 g/mol. The lowest BCUT2D eigenvalue weighted by Gasteiger charge is -2.11. The van der Waals surface area contributed by atoms with Crippen LogP contribution in [0.25, 0.3) is 10.1 Å². The minimum absolute atomic E-state index is 0.107. The highest BCUT2D eigenvalue weighted by atomic mass is 32.2. The first kappa shape index (κ1) is 15.9. The summed E-state index contributed by atoms with van der Waals surface area (Å²) < 4.78 is 12.5. The maximum atomic E-state index is 12.5. The fourth-order valence-corrected chi connectivity index (χ4v) is 4.18. The fourth-order valence-electron chi connectivity index (χ4n) is 2.47. The van der Waals surface area contributed by atoms with Crippen molar-refractivity contribution in [3.8, 4) is 0 Å². The van der Waals surface area contributed by atoms with Gasteiger partial charge >= 0.3 is 0 Å². The molecule has 1 amide bonds. The van der Waals surface area contributed by atoms with E-state index in [1.54, 1.807) is 6.26 Å². The van der Waals surface area contributed by atoms with Crippen LogP contribution in [0.5, 0.6) is 0 Å². The van der Waals surface area contributed by atoms with E-state index in [-0.39, 0.29) is 5.91 Å². The molecule has 0 aliphatic carbocycles. The molecule has 3 nitrogen and oxygen atoms in total. The normalized spacial score (nSPS) is 12.3. The van der Waals surface area contributed by atoms with Gasteiger partial charge in [-0.2, -0.15) is 0 Å². The number of hydrogen-bond donors (Lipinski definition) is 1. The third-order valence-corrected chi connectivity index (χ3v) is 5.53. The number of carbonyl (C=O) groups excluding carboxylic acids is 1. The topological polar surface area (TPSA) is 46.2 Å². The Morgan fingerprint density at radius 2 is 1.96 bits per heavy atom. The van der Waals surface area contributed by atoms with Crippen LogP contribution in [-0.4, -0.2) is 16.4 Å². The Hall–Kier alpha value is -1.98. The summed E-state index contributed by atoms with van der Waals surface area (Å²) in [5.41, 5.74) is 2.74. The van der Waals surface area contributed by atoms with Gasteiger partial charge in [0.1, 0.15) is 0 Å². The molecule has 1 heterocycles. The Morgan fingerprint density at radius 3 is 2.70 bits per heavy atom. The lowest BCUT2D eigenvalue weighted by Crippen LogP contribution is -2.12. The van der Waals surface area contributed by atoms with Crippen molar-refractivity contribution in [3.63, 3.8) is 0 Å². The van der Waals surface area contributed by atoms with Crippen molar-refractivity contribution in [2.75, 3.05) is 11.6 Å². The van der Waals surface area contributed by atoms with Crippen molar-refractivity contribution >= 4 is 43.8 Å². The Balaban J connectivity index is 1.86. The summed E-state index contributed by atoms with van der Waals surface area (Å²) in [5, 5.41) is 4.05. The first-order valence-corrected chi connectivity index (χ1v) is 9.77. The lowest BCUT2D eigenvalue weighted by atomic mass is 10.1. The quantitative estimate of drug-likeness (QED) is 0.766. The molecule has 0 bridgehead atoms. The molecule has 2 aromatic carbocycles. The zero-order chi connectivity index (χ0) is 16.4. The number of nitrogens with one attached hydrogen (secondary N) is 1. The molecule has 1 N–H and O–H groups in total. The second kappa shape index (κ2) is 6.64. The number of amides is 1. The van der Waals surface area contributed by atoms with E-state index in [1.165, 1.54) is 11.3 Å². The number of rotatable bonds is 4. The number of thiophene rings is 1. The molecule has 0 aliphatic rings. The Morgan fingerprint density at radius 1 is 1.17 bits per heavy atom. The van der Waals surface area contributed by atoms with Gasteiger partial charge in [0.05, 0.1) is 4.88 Å². The SMILES string of the molecule is Cc1c(C[S@](C)=O)cccc1NC(=O)c1cc2ccccc2s1. The molecule has 3 aromatic rings. The summed E-state index contributed by atoms with van der Waals surface area (Å²) in [6, 6.07) is 15.6. The summed E-state index contributed by atoms with van der Waals surface area (Å²) in [6.07, 6.45) is 1.68. The van der Waals surface area contributed by atoms with E-state index in [0.717, 1.165) is 26.9 Å². The van der Waals surface area contributed by atoms with Crippen molar-refractivity contribution in [1.29, 1.82) is 0 Å². The highest BCUT2D eigenvalue weighted by Gasteiger charge is 2.13. The van der Waals surface area contributed by atoms with Crippen molar-refractivity contribution in [3.05, 3.63) is 64.5 Å². The van der Waals surface area contributed by atoms with Gasteiger partial charge in [-0.3, -0.25) is 9.00 Å². The number of benzene rings is 2.